The van der Waals surface area contributed by atoms with E-state index in [2.05, 4.69) is 10.6 Å². The zero-order valence-electron chi connectivity index (χ0n) is 9.34. The fourth-order valence-corrected chi connectivity index (χ4v) is 1.62. The number of carbonyl (C=O) groups is 3. The van der Waals surface area contributed by atoms with Crippen LogP contribution in [0.4, 0.5) is 4.79 Å². The van der Waals surface area contributed by atoms with Gasteiger partial charge >= 0.3 is 12.0 Å². The Hall–Kier alpha value is -1.83. The number of aliphatic hydroxyl groups is 1. The average Bonchev–Trinajstić information content (AvgIpc) is 2.67. The van der Waals surface area contributed by atoms with Crippen molar-refractivity contribution in [1.82, 2.24) is 15.5 Å². The van der Waals surface area contributed by atoms with E-state index in [4.69, 9.17) is 5.11 Å². The molecule has 0 saturated carbocycles. The molecule has 2 atom stereocenters. The van der Waals surface area contributed by atoms with Crippen molar-refractivity contribution in [2.75, 3.05) is 20.1 Å². The largest absolute Gasteiger partial charge is 0.480 e. The first-order valence-corrected chi connectivity index (χ1v) is 5.11. The van der Waals surface area contributed by atoms with Gasteiger partial charge in [0.15, 0.2) is 0 Å². The summed E-state index contributed by atoms with van der Waals surface area (Å²) in [5.41, 5.74) is 0. The van der Waals surface area contributed by atoms with Gasteiger partial charge in [-0.25, -0.2) is 9.59 Å². The molecular weight excluding hydrogens is 230 g/mol. The number of carboxylic acids is 1. The van der Waals surface area contributed by atoms with Crippen molar-refractivity contribution in [3.05, 3.63) is 0 Å². The first-order chi connectivity index (χ1) is 7.95. The van der Waals surface area contributed by atoms with Crippen LogP contribution >= 0.6 is 0 Å². The summed E-state index contributed by atoms with van der Waals surface area (Å²) in [6.07, 6.45) is -0.843. The summed E-state index contributed by atoms with van der Waals surface area (Å²) < 4.78 is 0. The van der Waals surface area contributed by atoms with Crippen molar-refractivity contribution in [3.8, 4) is 0 Å². The van der Waals surface area contributed by atoms with Crippen LogP contribution in [-0.2, 0) is 9.59 Å². The number of amides is 3. The lowest BCUT2D eigenvalue weighted by Crippen LogP contribution is -2.48. The number of nitrogens with zero attached hydrogens (tertiary/aromatic N) is 1. The molecular formula is C9H15N3O5. The molecule has 8 heteroatoms. The second-order valence-electron chi connectivity index (χ2n) is 3.73. The third-order valence-electron chi connectivity index (χ3n) is 2.50. The summed E-state index contributed by atoms with van der Waals surface area (Å²) in [5.74, 6) is -1.55. The van der Waals surface area contributed by atoms with E-state index in [1.54, 1.807) is 0 Å². The standard InChI is InChI=1S/C9H15N3O5/c1-10-7(14)3-11-9(17)12-4-5(13)2-6(12)8(15)16/h5-6,13H,2-4H2,1H3,(H,10,14)(H,11,17)(H,15,16). The van der Waals surface area contributed by atoms with Gasteiger partial charge in [0.2, 0.25) is 5.91 Å². The van der Waals surface area contributed by atoms with Crippen molar-refractivity contribution in [3.63, 3.8) is 0 Å². The van der Waals surface area contributed by atoms with Gasteiger partial charge in [-0.1, -0.05) is 0 Å². The zero-order chi connectivity index (χ0) is 13.0. The van der Waals surface area contributed by atoms with Crippen molar-refractivity contribution in [2.45, 2.75) is 18.6 Å². The van der Waals surface area contributed by atoms with E-state index in [0.717, 1.165) is 4.90 Å². The van der Waals surface area contributed by atoms with Crippen LogP contribution in [0, 0.1) is 0 Å². The van der Waals surface area contributed by atoms with Crippen molar-refractivity contribution in [2.24, 2.45) is 0 Å². The second-order valence-corrected chi connectivity index (χ2v) is 3.73. The molecule has 0 aromatic rings. The number of nitrogens with one attached hydrogen (secondary N) is 2. The van der Waals surface area contributed by atoms with Gasteiger partial charge in [-0.05, 0) is 0 Å². The molecule has 1 fully saturated rings. The first kappa shape index (κ1) is 13.2. The summed E-state index contributed by atoms with van der Waals surface area (Å²) in [6, 6.07) is -1.72. The topological polar surface area (TPSA) is 119 Å². The fraction of sp³-hybridized carbons (Fsp3) is 0.667. The summed E-state index contributed by atoms with van der Waals surface area (Å²) in [7, 11) is 1.42. The van der Waals surface area contributed by atoms with Crippen LogP contribution in [0.1, 0.15) is 6.42 Å². The minimum absolute atomic E-state index is 0.00271. The number of carboxylic acid groups (broad SMARTS) is 1. The van der Waals surface area contributed by atoms with Crippen LogP contribution < -0.4 is 10.6 Å². The van der Waals surface area contributed by atoms with E-state index < -0.39 is 24.1 Å². The van der Waals surface area contributed by atoms with Gasteiger partial charge in [0, 0.05) is 20.0 Å². The van der Waals surface area contributed by atoms with E-state index in [1.165, 1.54) is 7.05 Å². The smallest absolute Gasteiger partial charge is 0.326 e. The molecule has 0 spiro atoms. The van der Waals surface area contributed by atoms with Crippen LogP contribution in [0.2, 0.25) is 0 Å². The van der Waals surface area contributed by atoms with Gasteiger partial charge < -0.3 is 25.7 Å². The molecule has 0 aromatic carbocycles. The summed E-state index contributed by atoms with van der Waals surface area (Å²) in [4.78, 5) is 34.3. The van der Waals surface area contributed by atoms with Crippen LogP contribution in [0.25, 0.3) is 0 Å². The average molecular weight is 245 g/mol. The number of hydrogen-bond acceptors (Lipinski definition) is 4. The molecule has 96 valence electrons. The molecule has 1 saturated heterocycles. The highest BCUT2D eigenvalue weighted by Crippen LogP contribution is 2.17. The van der Waals surface area contributed by atoms with E-state index in [-0.39, 0.29) is 25.4 Å². The van der Waals surface area contributed by atoms with Gasteiger partial charge in [0.1, 0.15) is 6.04 Å². The van der Waals surface area contributed by atoms with Crippen LogP contribution in [0.15, 0.2) is 0 Å². The Morgan fingerprint density at radius 2 is 2.06 bits per heavy atom. The Bertz CT molecular complexity index is 333. The maximum Gasteiger partial charge on any atom is 0.326 e. The highest BCUT2D eigenvalue weighted by molar-refractivity contribution is 5.87. The maximum absolute atomic E-state index is 11.6. The van der Waals surface area contributed by atoms with Gasteiger partial charge in [0.05, 0.1) is 12.6 Å². The molecule has 1 rings (SSSR count). The molecule has 8 nitrogen and oxygen atoms in total. The van der Waals surface area contributed by atoms with E-state index in [1.807, 2.05) is 0 Å². The number of hydrogen-bond donors (Lipinski definition) is 4. The van der Waals surface area contributed by atoms with Crippen molar-refractivity contribution >= 4 is 17.9 Å². The molecule has 0 aromatic heterocycles. The minimum Gasteiger partial charge on any atom is -0.480 e. The number of likely N-dealkylation sites (N-methyl/N-ethyl adjacent to an activating group) is 1. The van der Waals surface area contributed by atoms with E-state index in [0.29, 0.717) is 0 Å². The monoisotopic (exact) mass is 245 g/mol. The number of urea groups is 1. The Morgan fingerprint density at radius 1 is 1.41 bits per heavy atom. The molecule has 1 heterocycles. The number of aliphatic hydroxyl groups excluding tert-OH is 1. The number of β-amino-alcohol motifs (C(OH)–C–C–N with tert-alkyl or cyclic N) is 1. The highest BCUT2D eigenvalue weighted by atomic mass is 16.4. The quantitative estimate of drug-likeness (QED) is 0.457. The predicted octanol–water partition coefficient (Wildman–Crippen LogP) is -2.04. The molecule has 1 aliphatic rings. The maximum atomic E-state index is 11.6. The fourth-order valence-electron chi connectivity index (χ4n) is 1.62. The number of likely N-dealkylation sites (tertiary alicyclic amines) is 1. The lowest BCUT2D eigenvalue weighted by molar-refractivity contribution is -0.141. The van der Waals surface area contributed by atoms with E-state index in [9.17, 15) is 19.5 Å². The van der Waals surface area contributed by atoms with Gasteiger partial charge in [-0.15, -0.1) is 0 Å². The Balaban J connectivity index is 2.55. The molecule has 0 radical (unpaired) electrons. The SMILES string of the molecule is CNC(=O)CNC(=O)N1CC(O)CC1C(=O)O. The number of rotatable bonds is 3. The molecule has 3 amide bonds. The van der Waals surface area contributed by atoms with Crippen LogP contribution in [0.5, 0.6) is 0 Å². The predicted molar refractivity (Wildman–Crippen MR) is 56.2 cm³/mol. The van der Waals surface area contributed by atoms with Crippen LogP contribution in [-0.4, -0.2) is 65.3 Å². The molecule has 2 unspecified atom stereocenters. The number of carbonyl (C=O) groups excluding carboxylic acids is 2. The Labute approximate surface area is 97.6 Å². The summed E-state index contributed by atoms with van der Waals surface area (Å²) >= 11 is 0. The first-order valence-electron chi connectivity index (χ1n) is 5.11. The Kier molecular flexibility index (Phi) is 4.27. The Morgan fingerprint density at radius 3 is 2.59 bits per heavy atom. The summed E-state index contributed by atoms with van der Waals surface area (Å²) in [6.45, 7) is -0.273. The van der Waals surface area contributed by atoms with E-state index >= 15 is 0 Å². The minimum atomic E-state index is -1.17. The molecule has 0 aliphatic carbocycles. The molecule has 17 heavy (non-hydrogen) atoms. The summed E-state index contributed by atoms with van der Waals surface area (Å²) in [5, 5.41) is 22.8. The number of aliphatic carboxylic acids is 1. The lowest BCUT2D eigenvalue weighted by Gasteiger charge is -2.21. The zero-order valence-corrected chi connectivity index (χ0v) is 9.34. The highest BCUT2D eigenvalue weighted by Gasteiger charge is 2.38. The second kappa shape index (κ2) is 5.48. The lowest BCUT2D eigenvalue weighted by atomic mass is 10.2. The normalized spacial score (nSPS) is 23.3. The molecule has 1 aliphatic heterocycles. The van der Waals surface area contributed by atoms with Gasteiger partial charge in [-0.2, -0.15) is 0 Å². The third kappa shape index (κ3) is 3.31. The molecule has 4 N–H and O–H groups in total. The third-order valence-corrected chi connectivity index (χ3v) is 2.50. The van der Waals surface area contributed by atoms with Crippen LogP contribution in [0.3, 0.4) is 0 Å². The van der Waals surface area contributed by atoms with Gasteiger partial charge in [0.25, 0.3) is 0 Å². The van der Waals surface area contributed by atoms with Crippen molar-refractivity contribution in [1.29, 1.82) is 0 Å². The van der Waals surface area contributed by atoms with Gasteiger partial charge in [-0.3, -0.25) is 4.79 Å². The molecule has 0 bridgehead atoms. The van der Waals surface area contributed by atoms with Crippen molar-refractivity contribution < 1.29 is 24.6 Å².